The summed E-state index contributed by atoms with van der Waals surface area (Å²) >= 11 is 0. The van der Waals surface area contributed by atoms with Crippen LogP contribution in [0.5, 0.6) is 0 Å². The number of nitriles is 1. The van der Waals surface area contributed by atoms with Gasteiger partial charge in [0.1, 0.15) is 30.2 Å². The second kappa shape index (κ2) is 8.62. The number of nitrogens with one attached hydrogen (secondary N) is 2. The van der Waals surface area contributed by atoms with Crippen molar-refractivity contribution in [2.24, 2.45) is 0 Å². The van der Waals surface area contributed by atoms with Gasteiger partial charge in [-0.1, -0.05) is 24.3 Å². The first-order valence-corrected chi connectivity index (χ1v) is 9.61. The maximum atomic E-state index is 12.8. The summed E-state index contributed by atoms with van der Waals surface area (Å²) in [4.78, 5) is 13.3. The normalized spacial score (nSPS) is 10.7. The van der Waals surface area contributed by atoms with Gasteiger partial charge in [-0.05, 0) is 24.6 Å². The van der Waals surface area contributed by atoms with Crippen LogP contribution >= 0.6 is 0 Å². The molecule has 0 bridgehead atoms. The molecule has 4 rings (SSSR count). The Kier molecular flexibility index (Phi) is 5.57. The fraction of sp³-hybridized carbons (Fsp3) is 0.190. The SMILES string of the molecule is Cc1nc2cc(-c3ccc(CF)cc3)nc(NCCNc3ccc(C#N)c(N)n3)n2n1. The number of aryl methyl sites for hydroxylation is 1. The molecule has 0 atom stereocenters. The Hall–Kier alpha value is -4.26. The molecule has 0 radical (unpaired) electrons. The number of alkyl halides is 1. The lowest BCUT2D eigenvalue weighted by Gasteiger charge is -2.11. The fourth-order valence-corrected chi connectivity index (χ4v) is 3.06. The van der Waals surface area contributed by atoms with Crippen molar-refractivity contribution in [2.75, 3.05) is 29.5 Å². The number of halogens is 1. The molecule has 9 nitrogen and oxygen atoms in total. The van der Waals surface area contributed by atoms with E-state index in [-0.39, 0.29) is 5.82 Å². The highest BCUT2D eigenvalue weighted by Gasteiger charge is 2.11. The van der Waals surface area contributed by atoms with E-state index in [1.165, 1.54) is 0 Å². The molecule has 0 aliphatic rings. The molecule has 0 aliphatic carbocycles. The molecular formula is C21H20FN9. The summed E-state index contributed by atoms with van der Waals surface area (Å²) in [5.74, 6) is 1.94. The number of fused-ring (bicyclic) bond motifs is 1. The van der Waals surface area contributed by atoms with Crippen LogP contribution in [0.15, 0.2) is 42.5 Å². The first-order valence-electron chi connectivity index (χ1n) is 9.61. The molecule has 3 heterocycles. The summed E-state index contributed by atoms with van der Waals surface area (Å²) in [6.07, 6.45) is 0. The minimum atomic E-state index is -0.504. The summed E-state index contributed by atoms with van der Waals surface area (Å²) in [7, 11) is 0. The predicted octanol–water partition coefficient (Wildman–Crippen LogP) is 2.94. The van der Waals surface area contributed by atoms with E-state index in [9.17, 15) is 4.39 Å². The molecule has 0 saturated carbocycles. The van der Waals surface area contributed by atoms with Gasteiger partial charge in [0.15, 0.2) is 5.65 Å². The number of hydrogen-bond donors (Lipinski definition) is 3. The molecule has 0 unspecified atom stereocenters. The first kappa shape index (κ1) is 20.0. The smallest absolute Gasteiger partial charge is 0.226 e. The van der Waals surface area contributed by atoms with E-state index in [4.69, 9.17) is 11.0 Å². The Balaban J connectivity index is 1.51. The maximum Gasteiger partial charge on any atom is 0.226 e. The van der Waals surface area contributed by atoms with Crippen LogP contribution in [0.1, 0.15) is 17.0 Å². The van der Waals surface area contributed by atoms with Crippen molar-refractivity contribution in [1.82, 2.24) is 24.6 Å². The van der Waals surface area contributed by atoms with Gasteiger partial charge in [-0.15, -0.1) is 5.10 Å². The lowest BCUT2D eigenvalue weighted by molar-refractivity contribution is 0.485. The third kappa shape index (κ3) is 4.35. The van der Waals surface area contributed by atoms with Crippen LogP contribution < -0.4 is 16.4 Å². The second-order valence-electron chi connectivity index (χ2n) is 6.82. The topological polar surface area (TPSA) is 130 Å². The Bertz CT molecular complexity index is 1260. The van der Waals surface area contributed by atoms with Gasteiger partial charge in [-0.2, -0.15) is 9.78 Å². The van der Waals surface area contributed by atoms with Crippen LogP contribution in [0, 0.1) is 18.3 Å². The molecular weight excluding hydrogens is 397 g/mol. The zero-order valence-corrected chi connectivity index (χ0v) is 16.8. The molecule has 10 heteroatoms. The van der Waals surface area contributed by atoms with E-state index in [2.05, 4.69) is 30.7 Å². The van der Waals surface area contributed by atoms with E-state index in [0.717, 1.165) is 5.56 Å². The third-order valence-electron chi connectivity index (χ3n) is 4.59. The second-order valence-corrected chi connectivity index (χ2v) is 6.82. The maximum absolute atomic E-state index is 12.8. The largest absolute Gasteiger partial charge is 0.383 e. The molecule has 0 fully saturated rings. The van der Waals surface area contributed by atoms with Crippen molar-refractivity contribution in [3.05, 3.63) is 59.4 Å². The van der Waals surface area contributed by atoms with Crippen molar-refractivity contribution in [2.45, 2.75) is 13.6 Å². The average Bonchev–Trinajstić information content (AvgIpc) is 3.17. The minimum absolute atomic E-state index is 0.188. The molecule has 31 heavy (non-hydrogen) atoms. The predicted molar refractivity (Wildman–Crippen MR) is 116 cm³/mol. The number of rotatable bonds is 7. The fourth-order valence-electron chi connectivity index (χ4n) is 3.06. The van der Waals surface area contributed by atoms with Gasteiger partial charge in [0.2, 0.25) is 5.95 Å². The Labute approximate surface area is 177 Å². The highest BCUT2D eigenvalue weighted by Crippen LogP contribution is 2.22. The number of aromatic nitrogens is 5. The van der Waals surface area contributed by atoms with Crippen LogP contribution in [-0.2, 0) is 6.67 Å². The van der Waals surface area contributed by atoms with Crippen LogP contribution in [0.4, 0.5) is 22.0 Å². The Morgan fingerprint density at radius 1 is 1.06 bits per heavy atom. The van der Waals surface area contributed by atoms with Crippen molar-refractivity contribution in [1.29, 1.82) is 5.26 Å². The van der Waals surface area contributed by atoms with E-state index in [0.29, 0.717) is 53.1 Å². The highest BCUT2D eigenvalue weighted by atomic mass is 19.1. The number of benzene rings is 1. The Morgan fingerprint density at radius 3 is 2.55 bits per heavy atom. The van der Waals surface area contributed by atoms with Gasteiger partial charge in [0, 0.05) is 24.7 Å². The summed E-state index contributed by atoms with van der Waals surface area (Å²) in [6, 6.07) is 14.3. The number of nitrogens with zero attached hydrogens (tertiary/aromatic N) is 6. The highest BCUT2D eigenvalue weighted by molar-refractivity contribution is 5.66. The van der Waals surface area contributed by atoms with Gasteiger partial charge in [-0.3, -0.25) is 0 Å². The van der Waals surface area contributed by atoms with Gasteiger partial charge in [-0.25, -0.2) is 19.3 Å². The zero-order valence-electron chi connectivity index (χ0n) is 16.8. The van der Waals surface area contributed by atoms with Gasteiger partial charge < -0.3 is 16.4 Å². The van der Waals surface area contributed by atoms with Crippen molar-refractivity contribution >= 4 is 23.2 Å². The molecule has 4 N–H and O–H groups in total. The van der Waals surface area contributed by atoms with Gasteiger partial charge >= 0.3 is 0 Å². The minimum Gasteiger partial charge on any atom is -0.383 e. The molecule has 156 valence electrons. The van der Waals surface area contributed by atoms with Gasteiger partial charge in [0.05, 0.1) is 11.3 Å². The molecule has 0 amide bonds. The van der Waals surface area contributed by atoms with Gasteiger partial charge in [0.25, 0.3) is 0 Å². The molecule has 1 aromatic carbocycles. The lowest BCUT2D eigenvalue weighted by atomic mass is 10.1. The van der Waals surface area contributed by atoms with Crippen molar-refractivity contribution in [3.63, 3.8) is 0 Å². The summed E-state index contributed by atoms with van der Waals surface area (Å²) in [5, 5.41) is 19.7. The molecule has 3 aromatic heterocycles. The third-order valence-corrected chi connectivity index (χ3v) is 4.59. The average molecular weight is 417 g/mol. The summed E-state index contributed by atoms with van der Waals surface area (Å²) in [6.45, 7) is 2.36. The number of nitrogens with two attached hydrogens (primary N) is 1. The van der Waals surface area contributed by atoms with Crippen LogP contribution in [-0.4, -0.2) is 37.7 Å². The number of pyridine rings is 1. The number of hydrogen-bond acceptors (Lipinski definition) is 8. The van der Waals surface area contributed by atoms with E-state index in [1.807, 2.05) is 31.2 Å². The Morgan fingerprint density at radius 2 is 1.84 bits per heavy atom. The quantitative estimate of drug-likeness (QED) is 0.391. The summed E-state index contributed by atoms with van der Waals surface area (Å²) < 4.78 is 14.5. The van der Waals surface area contributed by atoms with E-state index in [1.54, 1.807) is 28.8 Å². The molecule has 0 aliphatic heterocycles. The van der Waals surface area contributed by atoms with E-state index < -0.39 is 6.67 Å². The zero-order chi connectivity index (χ0) is 21.8. The lowest BCUT2D eigenvalue weighted by Crippen LogP contribution is -2.17. The molecule has 0 saturated heterocycles. The number of nitrogen functional groups attached to an aromatic ring is 1. The molecule has 4 aromatic rings. The standard InChI is InChI=1S/C21H20FN9/c1-13-27-19-10-17(15-4-2-14(11-22)3-5-15)28-21(31(19)30-13)26-9-8-25-18-7-6-16(12-23)20(24)29-18/h2-7,10H,8-9,11H2,1H3,(H,26,28)(H3,24,25,29). The van der Waals surface area contributed by atoms with E-state index >= 15 is 0 Å². The summed E-state index contributed by atoms with van der Waals surface area (Å²) in [5.41, 5.74) is 8.93. The first-order chi connectivity index (χ1) is 15.1. The van der Waals surface area contributed by atoms with Crippen LogP contribution in [0.3, 0.4) is 0 Å². The van der Waals surface area contributed by atoms with Crippen LogP contribution in [0.2, 0.25) is 0 Å². The van der Waals surface area contributed by atoms with Crippen molar-refractivity contribution in [3.8, 4) is 17.3 Å². The number of anilines is 3. The monoisotopic (exact) mass is 417 g/mol. The van der Waals surface area contributed by atoms with Crippen LogP contribution in [0.25, 0.3) is 16.9 Å². The van der Waals surface area contributed by atoms with Crippen molar-refractivity contribution < 1.29 is 4.39 Å². The molecule has 0 spiro atoms.